The largest absolute Gasteiger partial charge is 0.435 e. The van der Waals surface area contributed by atoms with Crippen molar-refractivity contribution in [3.8, 4) is 5.75 Å². The molecule has 1 aromatic carbocycles. The number of amides is 1. The number of likely N-dealkylation sites (tertiary alicyclic amines) is 1. The van der Waals surface area contributed by atoms with Gasteiger partial charge in [0.15, 0.2) is 0 Å². The highest BCUT2D eigenvalue weighted by Crippen LogP contribution is 2.23. The Hall–Kier alpha value is -1.36. The summed E-state index contributed by atoms with van der Waals surface area (Å²) in [5.74, 6) is 0.184. The van der Waals surface area contributed by atoms with Gasteiger partial charge in [-0.2, -0.15) is 8.78 Å². The summed E-state index contributed by atoms with van der Waals surface area (Å²) in [7, 11) is 0. The molecule has 1 amide bonds. The zero-order valence-corrected chi connectivity index (χ0v) is 11.8. The second kappa shape index (κ2) is 6.39. The molecule has 1 aliphatic rings. The Morgan fingerprint density at radius 1 is 1.40 bits per heavy atom. The average molecular weight is 304 g/mol. The Morgan fingerprint density at radius 3 is 2.60 bits per heavy atom. The number of hydrogen-bond acceptors (Lipinski definition) is 2. The van der Waals surface area contributed by atoms with Crippen LogP contribution < -0.4 is 4.74 Å². The molecular formula is C14H16ClF2NO2. The van der Waals surface area contributed by atoms with E-state index < -0.39 is 6.61 Å². The number of piperidine rings is 1. The van der Waals surface area contributed by atoms with Gasteiger partial charge in [0.1, 0.15) is 5.75 Å². The van der Waals surface area contributed by atoms with Crippen LogP contribution in [0.1, 0.15) is 23.7 Å². The lowest BCUT2D eigenvalue weighted by atomic mass is 9.99. The van der Waals surface area contributed by atoms with Crippen molar-refractivity contribution in [1.29, 1.82) is 0 Å². The number of carbonyl (C=O) groups excluding carboxylic acids is 1. The van der Waals surface area contributed by atoms with E-state index in [0.29, 0.717) is 18.7 Å². The molecule has 0 aliphatic carbocycles. The first kappa shape index (κ1) is 15.0. The maximum absolute atomic E-state index is 12.3. The second-order valence-electron chi connectivity index (χ2n) is 4.94. The van der Waals surface area contributed by atoms with Crippen molar-refractivity contribution in [2.45, 2.75) is 25.3 Å². The van der Waals surface area contributed by atoms with Crippen LogP contribution in [0.3, 0.4) is 0 Å². The van der Waals surface area contributed by atoms with Crippen LogP contribution >= 0.6 is 11.6 Å². The molecule has 1 aliphatic heterocycles. The lowest BCUT2D eigenvalue weighted by Gasteiger charge is -2.34. The van der Waals surface area contributed by atoms with Crippen LogP contribution in [0.25, 0.3) is 0 Å². The van der Waals surface area contributed by atoms with Crippen molar-refractivity contribution in [2.75, 3.05) is 13.1 Å². The van der Waals surface area contributed by atoms with Gasteiger partial charge in [0.2, 0.25) is 0 Å². The normalized spacial score (nSPS) is 22.9. The molecule has 1 aromatic rings. The van der Waals surface area contributed by atoms with Gasteiger partial charge in [0, 0.05) is 24.0 Å². The fourth-order valence-electron chi connectivity index (χ4n) is 2.26. The van der Waals surface area contributed by atoms with Crippen LogP contribution in [-0.4, -0.2) is 35.9 Å². The van der Waals surface area contributed by atoms with Crippen molar-refractivity contribution in [3.05, 3.63) is 29.8 Å². The fraction of sp³-hybridized carbons (Fsp3) is 0.500. The molecule has 0 N–H and O–H groups in total. The molecule has 1 fully saturated rings. The molecular weight excluding hydrogens is 288 g/mol. The highest BCUT2D eigenvalue weighted by Gasteiger charge is 2.27. The van der Waals surface area contributed by atoms with Crippen LogP contribution in [0.4, 0.5) is 8.78 Å². The molecule has 0 radical (unpaired) electrons. The van der Waals surface area contributed by atoms with E-state index in [0.717, 1.165) is 6.42 Å². The number of alkyl halides is 3. The topological polar surface area (TPSA) is 29.5 Å². The van der Waals surface area contributed by atoms with Gasteiger partial charge in [-0.05, 0) is 36.6 Å². The third-order valence-corrected chi connectivity index (χ3v) is 4.06. The molecule has 1 heterocycles. The summed E-state index contributed by atoms with van der Waals surface area (Å²) < 4.78 is 28.3. The maximum Gasteiger partial charge on any atom is 0.387 e. The van der Waals surface area contributed by atoms with E-state index in [4.69, 9.17) is 11.6 Å². The molecule has 2 unspecified atom stereocenters. The van der Waals surface area contributed by atoms with Gasteiger partial charge in [-0.3, -0.25) is 4.79 Å². The highest BCUT2D eigenvalue weighted by atomic mass is 35.5. The van der Waals surface area contributed by atoms with Crippen molar-refractivity contribution < 1.29 is 18.3 Å². The molecule has 0 bridgehead atoms. The van der Waals surface area contributed by atoms with Crippen LogP contribution in [0.5, 0.6) is 5.75 Å². The van der Waals surface area contributed by atoms with Crippen LogP contribution in [0.2, 0.25) is 0 Å². The van der Waals surface area contributed by atoms with Gasteiger partial charge in [0.05, 0.1) is 0 Å². The number of nitrogens with zero attached hydrogens (tertiary/aromatic N) is 1. The first-order valence-electron chi connectivity index (χ1n) is 6.45. The molecule has 110 valence electrons. The second-order valence-corrected chi connectivity index (χ2v) is 5.50. The molecule has 0 saturated carbocycles. The van der Waals surface area contributed by atoms with Gasteiger partial charge in [0.25, 0.3) is 5.91 Å². The SMILES string of the molecule is CC1CN(C(=O)c2ccc(OC(F)F)cc2)CCC1Cl. The summed E-state index contributed by atoms with van der Waals surface area (Å²) in [5, 5.41) is 0.0980. The van der Waals surface area contributed by atoms with E-state index in [2.05, 4.69) is 4.74 Å². The predicted molar refractivity (Wildman–Crippen MR) is 72.4 cm³/mol. The number of hydrogen-bond donors (Lipinski definition) is 0. The Bertz CT molecular complexity index is 467. The third kappa shape index (κ3) is 3.60. The number of carbonyl (C=O) groups is 1. The van der Waals surface area contributed by atoms with Crippen molar-refractivity contribution in [2.24, 2.45) is 5.92 Å². The minimum Gasteiger partial charge on any atom is -0.435 e. The summed E-state index contributed by atoms with van der Waals surface area (Å²) in [6.45, 7) is 0.381. The van der Waals surface area contributed by atoms with Crippen LogP contribution in [0, 0.1) is 5.92 Å². The smallest absolute Gasteiger partial charge is 0.387 e. The predicted octanol–water partition coefficient (Wildman–Crippen LogP) is 3.38. The van der Waals surface area contributed by atoms with Gasteiger partial charge in [-0.1, -0.05) is 6.92 Å². The summed E-state index contributed by atoms with van der Waals surface area (Å²) in [5.41, 5.74) is 0.465. The van der Waals surface area contributed by atoms with Gasteiger partial charge >= 0.3 is 6.61 Å². The Morgan fingerprint density at radius 2 is 2.05 bits per heavy atom. The Labute approximate surface area is 121 Å². The highest BCUT2D eigenvalue weighted by molar-refractivity contribution is 6.20. The zero-order chi connectivity index (χ0) is 14.7. The Kier molecular flexibility index (Phi) is 4.81. The van der Waals surface area contributed by atoms with E-state index in [1.54, 1.807) is 4.90 Å². The maximum atomic E-state index is 12.3. The number of ether oxygens (including phenoxy) is 1. The summed E-state index contributed by atoms with van der Waals surface area (Å²) in [6.07, 6.45) is 0.765. The fourth-order valence-corrected chi connectivity index (χ4v) is 2.44. The molecule has 1 saturated heterocycles. The van der Waals surface area contributed by atoms with E-state index in [9.17, 15) is 13.6 Å². The average Bonchev–Trinajstić information content (AvgIpc) is 2.41. The number of benzene rings is 1. The molecule has 20 heavy (non-hydrogen) atoms. The van der Waals surface area contributed by atoms with E-state index >= 15 is 0 Å². The Balaban J connectivity index is 2.02. The monoisotopic (exact) mass is 303 g/mol. The quantitative estimate of drug-likeness (QED) is 0.801. The number of halogens is 3. The van der Waals surface area contributed by atoms with Gasteiger partial charge in [-0.25, -0.2) is 0 Å². The van der Waals surface area contributed by atoms with Crippen molar-refractivity contribution >= 4 is 17.5 Å². The van der Waals surface area contributed by atoms with Gasteiger partial charge < -0.3 is 9.64 Å². The third-order valence-electron chi connectivity index (χ3n) is 3.41. The minimum atomic E-state index is -2.86. The molecule has 0 spiro atoms. The lowest BCUT2D eigenvalue weighted by Crippen LogP contribution is -2.43. The van der Waals surface area contributed by atoms with Crippen LogP contribution in [0.15, 0.2) is 24.3 Å². The van der Waals surface area contributed by atoms with Gasteiger partial charge in [-0.15, -0.1) is 11.6 Å². The lowest BCUT2D eigenvalue weighted by molar-refractivity contribution is -0.0498. The molecule has 2 rings (SSSR count). The number of rotatable bonds is 3. The minimum absolute atomic E-state index is 0.0457. The molecule has 2 atom stereocenters. The summed E-state index contributed by atoms with van der Waals surface area (Å²) >= 11 is 6.13. The first-order valence-corrected chi connectivity index (χ1v) is 6.89. The van der Waals surface area contributed by atoms with Crippen LogP contribution in [-0.2, 0) is 0 Å². The molecule has 6 heteroatoms. The van der Waals surface area contributed by atoms with E-state index in [1.807, 2.05) is 6.92 Å². The molecule has 0 aromatic heterocycles. The summed E-state index contributed by atoms with van der Waals surface area (Å²) in [6, 6.07) is 5.74. The summed E-state index contributed by atoms with van der Waals surface area (Å²) in [4.78, 5) is 14.0. The van der Waals surface area contributed by atoms with Crippen molar-refractivity contribution in [1.82, 2.24) is 4.90 Å². The zero-order valence-electron chi connectivity index (χ0n) is 11.1. The van der Waals surface area contributed by atoms with Crippen molar-refractivity contribution in [3.63, 3.8) is 0 Å². The standard InChI is InChI=1S/C14H16ClF2NO2/c1-9-8-18(7-6-12(9)15)13(19)10-2-4-11(5-3-10)20-14(16)17/h2-5,9,12,14H,6-8H2,1H3. The molecule has 3 nitrogen and oxygen atoms in total. The van der Waals surface area contributed by atoms with E-state index in [1.165, 1.54) is 24.3 Å². The van der Waals surface area contributed by atoms with E-state index in [-0.39, 0.29) is 23.0 Å². The first-order chi connectivity index (χ1) is 9.47.